The summed E-state index contributed by atoms with van der Waals surface area (Å²) in [5.74, 6) is 1.47. The summed E-state index contributed by atoms with van der Waals surface area (Å²) in [6.45, 7) is 6.23. The van der Waals surface area contributed by atoms with E-state index in [2.05, 4.69) is 9.88 Å². The van der Waals surface area contributed by atoms with Gasteiger partial charge in [0.2, 0.25) is 5.89 Å². The Morgan fingerprint density at radius 1 is 1.56 bits per heavy atom. The molecule has 2 heterocycles. The zero-order valence-corrected chi connectivity index (χ0v) is 11.2. The average molecular weight is 252 g/mol. The first-order valence-corrected chi connectivity index (χ1v) is 6.33. The molecule has 0 spiro atoms. The number of piperidine rings is 1. The minimum absolute atomic E-state index is 0.0130. The molecule has 1 atom stereocenters. The molecule has 1 unspecified atom stereocenters. The fraction of sp³-hybridized carbons (Fsp3) is 0.692. The van der Waals surface area contributed by atoms with Crippen molar-refractivity contribution in [3.8, 4) is 0 Å². The number of rotatable bonds is 3. The van der Waals surface area contributed by atoms with Crippen LogP contribution in [0.2, 0.25) is 0 Å². The van der Waals surface area contributed by atoms with Gasteiger partial charge in [0.05, 0.1) is 25.3 Å². The lowest BCUT2D eigenvalue weighted by Gasteiger charge is -2.30. The van der Waals surface area contributed by atoms with Crippen molar-refractivity contribution < 1.29 is 13.9 Å². The molecule has 1 aliphatic heterocycles. The molecule has 1 aromatic heterocycles. The van der Waals surface area contributed by atoms with E-state index in [1.165, 1.54) is 7.11 Å². The van der Waals surface area contributed by atoms with Gasteiger partial charge in [0.15, 0.2) is 0 Å². The minimum Gasteiger partial charge on any atom is -0.469 e. The van der Waals surface area contributed by atoms with Crippen LogP contribution in [0.4, 0.5) is 0 Å². The van der Waals surface area contributed by atoms with E-state index in [1.54, 1.807) is 0 Å². The van der Waals surface area contributed by atoms with Gasteiger partial charge >= 0.3 is 5.97 Å². The first-order valence-electron chi connectivity index (χ1n) is 6.33. The number of aromatic nitrogens is 1. The topological polar surface area (TPSA) is 55.6 Å². The van der Waals surface area contributed by atoms with Crippen LogP contribution in [0.1, 0.15) is 30.2 Å². The number of nitrogens with zero attached hydrogens (tertiary/aromatic N) is 2. The van der Waals surface area contributed by atoms with Crippen LogP contribution in [0.25, 0.3) is 0 Å². The minimum atomic E-state index is -0.112. The molecular weight excluding hydrogens is 232 g/mol. The summed E-state index contributed by atoms with van der Waals surface area (Å²) in [4.78, 5) is 18.1. The predicted octanol–water partition coefficient (Wildman–Crippen LogP) is 1.68. The van der Waals surface area contributed by atoms with Crippen molar-refractivity contribution >= 4 is 5.97 Å². The van der Waals surface area contributed by atoms with E-state index in [1.807, 2.05) is 13.8 Å². The van der Waals surface area contributed by atoms with Crippen LogP contribution in [-0.4, -0.2) is 36.1 Å². The van der Waals surface area contributed by atoms with Gasteiger partial charge in [-0.3, -0.25) is 9.69 Å². The van der Waals surface area contributed by atoms with Crippen molar-refractivity contribution in [3.05, 3.63) is 17.3 Å². The molecule has 5 nitrogen and oxygen atoms in total. The predicted molar refractivity (Wildman–Crippen MR) is 66.0 cm³/mol. The number of carbonyl (C=O) groups excluding carboxylic acids is 1. The molecule has 0 saturated carbocycles. The van der Waals surface area contributed by atoms with Gasteiger partial charge in [-0.25, -0.2) is 4.98 Å². The van der Waals surface area contributed by atoms with Gasteiger partial charge in [-0.1, -0.05) is 0 Å². The molecule has 0 bridgehead atoms. The van der Waals surface area contributed by atoms with Crippen molar-refractivity contribution in [3.63, 3.8) is 0 Å². The van der Waals surface area contributed by atoms with E-state index in [0.717, 1.165) is 43.3 Å². The summed E-state index contributed by atoms with van der Waals surface area (Å²) in [5, 5.41) is 0. The first-order chi connectivity index (χ1) is 8.60. The normalized spacial score (nSPS) is 20.9. The first kappa shape index (κ1) is 13.1. The number of ether oxygens (including phenoxy) is 1. The van der Waals surface area contributed by atoms with E-state index >= 15 is 0 Å². The van der Waals surface area contributed by atoms with Gasteiger partial charge in [0.25, 0.3) is 0 Å². The number of likely N-dealkylation sites (tertiary alicyclic amines) is 1. The molecule has 1 saturated heterocycles. The molecule has 5 heteroatoms. The van der Waals surface area contributed by atoms with Gasteiger partial charge in [-0.15, -0.1) is 0 Å². The monoisotopic (exact) mass is 252 g/mol. The number of methoxy groups -OCH3 is 1. The maximum atomic E-state index is 11.5. The molecule has 2 rings (SSSR count). The molecule has 100 valence electrons. The third kappa shape index (κ3) is 2.90. The van der Waals surface area contributed by atoms with Gasteiger partial charge in [0.1, 0.15) is 5.76 Å². The SMILES string of the molecule is COC(=O)C1CCCN(Cc2nc(C)c(C)o2)C1. The third-order valence-electron chi connectivity index (χ3n) is 3.47. The van der Waals surface area contributed by atoms with E-state index in [-0.39, 0.29) is 11.9 Å². The highest BCUT2D eigenvalue weighted by Crippen LogP contribution is 2.20. The van der Waals surface area contributed by atoms with Crippen molar-refractivity contribution in [2.45, 2.75) is 33.2 Å². The van der Waals surface area contributed by atoms with Gasteiger partial charge in [-0.2, -0.15) is 0 Å². The summed E-state index contributed by atoms with van der Waals surface area (Å²) in [5.41, 5.74) is 0.937. The third-order valence-corrected chi connectivity index (χ3v) is 3.47. The fourth-order valence-electron chi connectivity index (χ4n) is 2.36. The van der Waals surface area contributed by atoms with E-state index in [4.69, 9.17) is 9.15 Å². The smallest absolute Gasteiger partial charge is 0.309 e. The Kier molecular flexibility index (Phi) is 4.01. The Balaban J connectivity index is 1.95. The molecule has 1 aliphatic rings. The van der Waals surface area contributed by atoms with Gasteiger partial charge < -0.3 is 9.15 Å². The highest BCUT2D eigenvalue weighted by atomic mass is 16.5. The number of oxazole rings is 1. The summed E-state index contributed by atoms with van der Waals surface area (Å²) in [6.07, 6.45) is 1.92. The Labute approximate surface area is 107 Å². The highest BCUT2D eigenvalue weighted by Gasteiger charge is 2.27. The maximum absolute atomic E-state index is 11.5. The molecule has 0 N–H and O–H groups in total. The quantitative estimate of drug-likeness (QED) is 0.766. The van der Waals surface area contributed by atoms with E-state index in [0.29, 0.717) is 6.54 Å². The number of hydrogen-bond acceptors (Lipinski definition) is 5. The van der Waals surface area contributed by atoms with Gasteiger partial charge in [0, 0.05) is 6.54 Å². The van der Waals surface area contributed by atoms with Gasteiger partial charge in [-0.05, 0) is 33.2 Å². The zero-order valence-electron chi connectivity index (χ0n) is 11.2. The molecular formula is C13H20N2O3. The Hall–Kier alpha value is -1.36. The summed E-state index contributed by atoms with van der Waals surface area (Å²) in [7, 11) is 1.45. The molecule has 0 radical (unpaired) electrons. The van der Waals surface area contributed by atoms with Crippen molar-refractivity contribution in [2.24, 2.45) is 5.92 Å². The number of hydrogen-bond donors (Lipinski definition) is 0. The largest absolute Gasteiger partial charge is 0.469 e. The molecule has 0 amide bonds. The van der Waals surface area contributed by atoms with Crippen LogP contribution in [0.5, 0.6) is 0 Å². The van der Waals surface area contributed by atoms with Crippen molar-refractivity contribution in [1.82, 2.24) is 9.88 Å². The molecule has 18 heavy (non-hydrogen) atoms. The van der Waals surface area contributed by atoms with Crippen molar-refractivity contribution in [2.75, 3.05) is 20.2 Å². The lowest BCUT2D eigenvalue weighted by molar-refractivity contribution is -0.147. The van der Waals surface area contributed by atoms with E-state index in [9.17, 15) is 4.79 Å². The standard InChI is InChI=1S/C13H20N2O3/c1-9-10(2)18-12(14-9)8-15-6-4-5-11(7-15)13(16)17-3/h11H,4-8H2,1-3H3. The second-order valence-corrected chi connectivity index (χ2v) is 4.85. The van der Waals surface area contributed by atoms with Crippen LogP contribution >= 0.6 is 0 Å². The molecule has 1 fully saturated rings. The Bertz CT molecular complexity index is 408. The fourth-order valence-corrected chi connectivity index (χ4v) is 2.36. The van der Waals surface area contributed by atoms with Crippen LogP contribution in [0, 0.1) is 19.8 Å². The Morgan fingerprint density at radius 2 is 2.33 bits per heavy atom. The number of esters is 1. The Morgan fingerprint density at radius 3 is 2.94 bits per heavy atom. The lowest BCUT2D eigenvalue weighted by Crippen LogP contribution is -2.38. The summed E-state index contributed by atoms with van der Waals surface area (Å²) < 4.78 is 10.4. The number of carbonyl (C=O) groups is 1. The molecule has 0 aliphatic carbocycles. The lowest BCUT2D eigenvalue weighted by atomic mass is 9.98. The van der Waals surface area contributed by atoms with Crippen LogP contribution < -0.4 is 0 Å². The number of aryl methyl sites for hydroxylation is 2. The highest BCUT2D eigenvalue weighted by molar-refractivity contribution is 5.72. The summed E-state index contributed by atoms with van der Waals surface area (Å²) >= 11 is 0. The molecule has 1 aromatic rings. The molecule has 0 aromatic carbocycles. The average Bonchev–Trinajstić information content (AvgIpc) is 2.67. The van der Waals surface area contributed by atoms with Crippen LogP contribution in [0.3, 0.4) is 0 Å². The second-order valence-electron chi connectivity index (χ2n) is 4.85. The van der Waals surface area contributed by atoms with Crippen LogP contribution in [-0.2, 0) is 16.1 Å². The van der Waals surface area contributed by atoms with Crippen molar-refractivity contribution in [1.29, 1.82) is 0 Å². The second kappa shape index (κ2) is 5.52. The maximum Gasteiger partial charge on any atom is 0.309 e. The summed E-state index contributed by atoms with van der Waals surface area (Å²) in [6, 6.07) is 0. The van der Waals surface area contributed by atoms with Crippen LogP contribution in [0.15, 0.2) is 4.42 Å². The zero-order chi connectivity index (χ0) is 13.1. The van der Waals surface area contributed by atoms with E-state index < -0.39 is 0 Å².